The maximum absolute atomic E-state index is 5.98. The van der Waals surface area contributed by atoms with Crippen LogP contribution in [0.5, 0.6) is 0 Å². The van der Waals surface area contributed by atoms with Gasteiger partial charge in [-0.2, -0.15) is 0 Å². The number of ether oxygens (including phenoxy) is 2. The van der Waals surface area contributed by atoms with Crippen molar-refractivity contribution in [3.8, 4) is 12.3 Å². The fraction of sp³-hybridized carbons (Fsp3) is 0.846. The maximum atomic E-state index is 5.98. The van der Waals surface area contributed by atoms with E-state index in [1.165, 1.54) is 19.3 Å². The number of hydrogen-bond donors (Lipinski definition) is 1. The summed E-state index contributed by atoms with van der Waals surface area (Å²) in [5.41, 5.74) is -0.152. The van der Waals surface area contributed by atoms with Gasteiger partial charge in [0.25, 0.3) is 0 Å². The molecule has 3 heteroatoms. The minimum atomic E-state index is -0.0769. The summed E-state index contributed by atoms with van der Waals surface area (Å²) in [7, 11) is 0. The normalized spacial score (nSPS) is 32.8. The summed E-state index contributed by atoms with van der Waals surface area (Å²) >= 11 is 0. The van der Waals surface area contributed by atoms with Crippen molar-refractivity contribution in [1.82, 2.24) is 5.32 Å². The van der Waals surface area contributed by atoms with Crippen LogP contribution in [0, 0.1) is 12.3 Å². The Bertz CT molecular complexity index is 278. The second-order valence-corrected chi connectivity index (χ2v) is 5.23. The van der Waals surface area contributed by atoms with E-state index in [4.69, 9.17) is 15.9 Å². The number of rotatable bonds is 3. The zero-order valence-electron chi connectivity index (χ0n) is 10.1. The molecule has 1 saturated carbocycles. The molecular weight excluding hydrogens is 202 g/mol. The molecule has 0 aromatic heterocycles. The van der Waals surface area contributed by atoms with Gasteiger partial charge >= 0.3 is 0 Å². The quantitative estimate of drug-likeness (QED) is 0.583. The predicted octanol–water partition coefficient (Wildman–Crippen LogP) is 1.68. The van der Waals surface area contributed by atoms with Gasteiger partial charge in [-0.1, -0.05) is 12.3 Å². The fourth-order valence-corrected chi connectivity index (χ4v) is 2.72. The molecule has 1 atom stereocenters. The van der Waals surface area contributed by atoms with Crippen molar-refractivity contribution in [2.24, 2.45) is 0 Å². The highest BCUT2D eigenvalue weighted by atomic mass is 16.5. The van der Waals surface area contributed by atoms with Crippen LogP contribution in [0.15, 0.2) is 0 Å². The van der Waals surface area contributed by atoms with E-state index in [2.05, 4.69) is 18.2 Å². The Labute approximate surface area is 97.9 Å². The first kappa shape index (κ1) is 11.9. The predicted molar refractivity (Wildman–Crippen MR) is 63.0 cm³/mol. The van der Waals surface area contributed by atoms with Gasteiger partial charge < -0.3 is 9.47 Å². The van der Waals surface area contributed by atoms with Crippen molar-refractivity contribution in [2.45, 2.75) is 50.3 Å². The molecule has 0 aromatic rings. The lowest BCUT2D eigenvalue weighted by Gasteiger charge is -2.35. The summed E-state index contributed by atoms with van der Waals surface area (Å²) in [5, 5.41) is 3.63. The van der Waals surface area contributed by atoms with E-state index < -0.39 is 0 Å². The first-order valence-corrected chi connectivity index (χ1v) is 6.13. The van der Waals surface area contributed by atoms with E-state index in [1.807, 2.05) is 0 Å². The van der Waals surface area contributed by atoms with Crippen molar-refractivity contribution in [3.05, 3.63) is 0 Å². The summed E-state index contributed by atoms with van der Waals surface area (Å²) in [6.07, 6.45) is 11.3. The van der Waals surface area contributed by atoms with Crippen LogP contribution in [-0.2, 0) is 9.47 Å². The summed E-state index contributed by atoms with van der Waals surface area (Å²) in [4.78, 5) is 0. The van der Waals surface area contributed by atoms with Crippen molar-refractivity contribution >= 4 is 0 Å². The molecule has 3 nitrogen and oxygen atoms in total. The van der Waals surface area contributed by atoms with E-state index in [1.54, 1.807) is 0 Å². The van der Waals surface area contributed by atoms with Crippen LogP contribution in [0.4, 0.5) is 0 Å². The zero-order chi connectivity index (χ0) is 11.5. The van der Waals surface area contributed by atoms with Gasteiger partial charge in [0, 0.05) is 0 Å². The van der Waals surface area contributed by atoms with Crippen LogP contribution >= 0.6 is 0 Å². The Morgan fingerprint density at radius 3 is 2.81 bits per heavy atom. The van der Waals surface area contributed by atoms with Gasteiger partial charge in [-0.25, -0.2) is 0 Å². The van der Waals surface area contributed by atoms with Gasteiger partial charge in [0.05, 0.1) is 18.8 Å². The Kier molecular flexibility index (Phi) is 3.53. The first-order chi connectivity index (χ1) is 7.68. The minimum absolute atomic E-state index is 0.0752. The molecule has 1 aliphatic heterocycles. The Balaban J connectivity index is 1.87. The van der Waals surface area contributed by atoms with Gasteiger partial charge in [-0.15, -0.1) is 6.42 Å². The first-order valence-electron chi connectivity index (χ1n) is 6.13. The molecule has 1 N–H and O–H groups in total. The van der Waals surface area contributed by atoms with Crippen LogP contribution in [-0.4, -0.2) is 31.1 Å². The molecule has 2 rings (SSSR count). The molecule has 1 aliphatic carbocycles. The Morgan fingerprint density at radius 1 is 1.38 bits per heavy atom. The van der Waals surface area contributed by atoms with Crippen LogP contribution in [0.3, 0.4) is 0 Å². The third-order valence-electron chi connectivity index (χ3n) is 3.46. The largest absolute Gasteiger partial charge is 0.367 e. The SMILES string of the molecule is C#CCOCC1(C)COC2(CCCCC2)N1. The molecule has 2 aliphatic rings. The molecule has 0 bridgehead atoms. The van der Waals surface area contributed by atoms with Crippen LogP contribution in [0.25, 0.3) is 0 Å². The monoisotopic (exact) mass is 223 g/mol. The third-order valence-corrected chi connectivity index (χ3v) is 3.46. The zero-order valence-corrected chi connectivity index (χ0v) is 10.1. The fourth-order valence-electron chi connectivity index (χ4n) is 2.72. The molecule has 2 fully saturated rings. The van der Waals surface area contributed by atoms with Gasteiger partial charge in [0.15, 0.2) is 0 Å². The molecule has 1 unspecified atom stereocenters. The standard InChI is InChI=1S/C13H21NO2/c1-3-9-15-10-12(2)11-16-13(14-12)7-5-4-6-8-13/h1,14H,4-11H2,2H3. The molecule has 1 saturated heterocycles. The molecule has 16 heavy (non-hydrogen) atoms. The van der Waals surface area contributed by atoms with Crippen molar-refractivity contribution in [1.29, 1.82) is 0 Å². The molecule has 1 heterocycles. The van der Waals surface area contributed by atoms with Gasteiger partial charge in [-0.3, -0.25) is 5.32 Å². The van der Waals surface area contributed by atoms with E-state index >= 15 is 0 Å². The van der Waals surface area contributed by atoms with E-state index in [-0.39, 0.29) is 11.3 Å². The molecule has 0 amide bonds. The van der Waals surface area contributed by atoms with E-state index in [0.29, 0.717) is 13.2 Å². The Morgan fingerprint density at radius 2 is 2.12 bits per heavy atom. The van der Waals surface area contributed by atoms with Crippen molar-refractivity contribution in [3.63, 3.8) is 0 Å². The van der Waals surface area contributed by atoms with Gasteiger partial charge in [0.2, 0.25) is 0 Å². The van der Waals surface area contributed by atoms with E-state index in [0.717, 1.165) is 19.4 Å². The number of terminal acetylenes is 1. The van der Waals surface area contributed by atoms with Gasteiger partial charge in [0.1, 0.15) is 12.3 Å². The van der Waals surface area contributed by atoms with E-state index in [9.17, 15) is 0 Å². The highest BCUT2D eigenvalue weighted by Crippen LogP contribution is 2.36. The molecule has 0 aromatic carbocycles. The highest BCUT2D eigenvalue weighted by Gasteiger charge is 2.46. The average molecular weight is 223 g/mol. The lowest BCUT2D eigenvalue weighted by atomic mass is 9.91. The second-order valence-electron chi connectivity index (χ2n) is 5.23. The minimum Gasteiger partial charge on any atom is -0.367 e. The third kappa shape index (κ3) is 2.57. The second kappa shape index (κ2) is 4.75. The molecular formula is C13H21NO2. The van der Waals surface area contributed by atoms with Gasteiger partial charge in [-0.05, 0) is 32.6 Å². The van der Waals surface area contributed by atoms with Crippen molar-refractivity contribution in [2.75, 3.05) is 19.8 Å². The molecule has 0 radical (unpaired) electrons. The topological polar surface area (TPSA) is 30.5 Å². The number of hydrogen-bond acceptors (Lipinski definition) is 3. The lowest BCUT2D eigenvalue weighted by molar-refractivity contribution is -0.0384. The summed E-state index contributed by atoms with van der Waals surface area (Å²) in [5.74, 6) is 2.49. The van der Waals surface area contributed by atoms with Crippen molar-refractivity contribution < 1.29 is 9.47 Å². The average Bonchev–Trinajstić information content (AvgIpc) is 2.58. The Hall–Kier alpha value is -0.560. The molecule has 1 spiro atoms. The summed E-state index contributed by atoms with van der Waals surface area (Å²) < 4.78 is 11.4. The van der Waals surface area contributed by atoms with Crippen LogP contribution < -0.4 is 5.32 Å². The lowest BCUT2D eigenvalue weighted by Crippen LogP contribution is -2.53. The summed E-state index contributed by atoms with van der Waals surface area (Å²) in [6, 6.07) is 0. The number of nitrogens with one attached hydrogen (secondary N) is 1. The van der Waals surface area contributed by atoms with Crippen LogP contribution in [0.1, 0.15) is 39.0 Å². The summed E-state index contributed by atoms with van der Waals surface area (Å²) in [6.45, 7) is 3.87. The molecule has 90 valence electrons. The highest BCUT2D eigenvalue weighted by molar-refractivity contribution is 4.99. The van der Waals surface area contributed by atoms with Crippen LogP contribution in [0.2, 0.25) is 0 Å². The smallest absolute Gasteiger partial charge is 0.119 e. The maximum Gasteiger partial charge on any atom is 0.119 e.